The lowest BCUT2D eigenvalue weighted by molar-refractivity contribution is 1.26. The Balaban J connectivity index is 2.09. The van der Waals surface area contributed by atoms with Gasteiger partial charge in [0, 0.05) is 10.0 Å². The van der Waals surface area contributed by atoms with Crippen molar-refractivity contribution in [2.24, 2.45) is 15.3 Å². The average molecular weight is 431 g/mol. The molecule has 120 valence electrons. The zero-order chi connectivity index (χ0) is 17.0. The number of hydrogen-bond acceptors (Lipinski definition) is 3. The van der Waals surface area contributed by atoms with Crippen molar-refractivity contribution < 1.29 is 0 Å². The van der Waals surface area contributed by atoms with Gasteiger partial charge in [0.05, 0.1) is 25.8 Å². The molecule has 0 atom stereocenters. The van der Waals surface area contributed by atoms with Crippen LogP contribution in [0.2, 0.25) is 30.1 Å². The molecule has 1 N–H and O–H groups in total. The highest BCUT2D eigenvalue weighted by molar-refractivity contribution is 6.42. The summed E-state index contributed by atoms with van der Waals surface area (Å²) in [5, 5.41) is 13.4. The summed E-state index contributed by atoms with van der Waals surface area (Å²) < 4.78 is 0. The fourth-order valence-corrected chi connectivity index (χ4v) is 3.28. The van der Waals surface area contributed by atoms with Crippen LogP contribution in [0.15, 0.2) is 39.6 Å². The third-order valence-electron chi connectivity index (χ3n) is 2.43. The molecule has 0 spiro atoms. The predicted molar refractivity (Wildman–Crippen MR) is 99.6 cm³/mol. The van der Waals surface area contributed by atoms with Gasteiger partial charge in [-0.05, 0) is 24.3 Å². The summed E-state index contributed by atoms with van der Waals surface area (Å²) in [7, 11) is 0. The second-order valence-corrected chi connectivity index (χ2v) is 6.54. The minimum absolute atomic E-state index is 0.274. The van der Waals surface area contributed by atoms with Gasteiger partial charge in [-0.3, -0.25) is 5.43 Å². The van der Waals surface area contributed by atoms with E-state index in [0.717, 1.165) is 6.34 Å². The van der Waals surface area contributed by atoms with Gasteiger partial charge in [0.15, 0.2) is 6.34 Å². The van der Waals surface area contributed by atoms with Crippen LogP contribution in [0.25, 0.3) is 0 Å². The summed E-state index contributed by atoms with van der Waals surface area (Å²) in [6.07, 6.45) is 1.14. The maximum Gasteiger partial charge on any atom is 0.158 e. The van der Waals surface area contributed by atoms with Crippen molar-refractivity contribution in [2.75, 3.05) is 5.43 Å². The molecule has 0 bridgehead atoms. The van der Waals surface area contributed by atoms with Crippen LogP contribution in [0.4, 0.5) is 11.4 Å². The van der Waals surface area contributed by atoms with Gasteiger partial charge in [-0.1, -0.05) is 69.6 Å². The van der Waals surface area contributed by atoms with Crippen molar-refractivity contribution in [3.63, 3.8) is 0 Å². The molecule has 0 radical (unpaired) electrons. The summed E-state index contributed by atoms with van der Waals surface area (Å²) in [4.78, 5) is 0. The van der Waals surface area contributed by atoms with Crippen LogP contribution in [-0.2, 0) is 0 Å². The van der Waals surface area contributed by atoms with E-state index >= 15 is 0 Å². The summed E-state index contributed by atoms with van der Waals surface area (Å²) >= 11 is 35.5. The highest BCUT2D eigenvalue weighted by Crippen LogP contribution is 2.36. The zero-order valence-electron chi connectivity index (χ0n) is 11.0. The molecular weight excluding hydrogens is 425 g/mol. The van der Waals surface area contributed by atoms with Gasteiger partial charge in [0.1, 0.15) is 5.69 Å². The van der Waals surface area contributed by atoms with Gasteiger partial charge in [0.25, 0.3) is 0 Å². The standard InChI is InChI=1S/C13H6Cl6N4/c14-6-1-8(16)12(9(17)2-6)22-20-5-21-23-13-10(18)3-7(15)4-11(13)19/h1-5,22H/b20-5+,23-21?. The molecule has 10 heteroatoms. The van der Waals surface area contributed by atoms with Crippen LogP contribution >= 0.6 is 69.6 Å². The monoisotopic (exact) mass is 428 g/mol. The maximum atomic E-state index is 5.99. The Bertz CT molecular complexity index is 744. The molecule has 0 aliphatic heterocycles. The molecule has 0 saturated heterocycles. The first-order valence-corrected chi connectivity index (χ1v) is 8.12. The van der Waals surface area contributed by atoms with E-state index in [1.165, 1.54) is 24.3 Å². The summed E-state index contributed by atoms with van der Waals surface area (Å²) in [5.41, 5.74) is 3.32. The van der Waals surface area contributed by atoms with Crippen LogP contribution in [-0.4, -0.2) is 6.34 Å². The van der Waals surface area contributed by atoms with E-state index in [4.69, 9.17) is 69.6 Å². The number of anilines is 1. The quantitative estimate of drug-likeness (QED) is 0.229. The van der Waals surface area contributed by atoms with E-state index < -0.39 is 0 Å². The number of hydrazone groups is 1. The molecule has 0 amide bonds. The maximum absolute atomic E-state index is 5.99. The predicted octanol–water partition coefficient (Wildman–Crippen LogP) is 7.75. The van der Waals surface area contributed by atoms with Gasteiger partial charge in [-0.2, -0.15) is 5.10 Å². The number of benzene rings is 2. The van der Waals surface area contributed by atoms with Gasteiger partial charge >= 0.3 is 0 Å². The van der Waals surface area contributed by atoms with Crippen molar-refractivity contribution in [2.45, 2.75) is 0 Å². The van der Waals surface area contributed by atoms with Gasteiger partial charge in [-0.15, -0.1) is 10.2 Å². The molecule has 4 nitrogen and oxygen atoms in total. The van der Waals surface area contributed by atoms with Crippen molar-refractivity contribution in [3.05, 3.63) is 54.4 Å². The first-order chi connectivity index (χ1) is 10.9. The van der Waals surface area contributed by atoms with Crippen LogP contribution in [0.1, 0.15) is 0 Å². The minimum atomic E-state index is 0.274. The summed E-state index contributed by atoms with van der Waals surface area (Å²) in [6, 6.07) is 6.07. The zero-order valence-corrected chi connectivity index (χ0v) is 15.5. The SMILES string of the molecule is Clc1cc(Cl)c(N=N/C=N/Nc2c(Cl)cc(Cl)cc2Cl)c(Cl)c1. The van der Waals surface area contributed by atoms with E-state index in [2.05, 4.69) is 20.8 Å². The lowest BCUT2D eigenvalue weighted by Crippen LogP contribution is -1.90. The van der Waals surface area contributed by atoms with E-state index in [0.29, 0.717) is 25.8 Å². The molecule has 0 unspecified atom stereocenters. The Morgan fingerprint density at radius 3 is 1.74 bits per heavy atom. The average Bonchev–Trinajstić information content (AvgIpc) is 2.42. The highest BCUT2D eigenvalue weighted by atomic mass is 35.5. The van der Waals surface area contributed by atoms with Crippen LogP contribution < -0.4 is 5.43 Å². The van der Waals surface area contributed by atoms with Gasteiger partial charge in [-0.25, -0.2) is 0 Å². The topological polar surface area (TPSA) is 49.1 Å². The number of hydrogen-bond donors (Lipinski definition) is 1. The van der Waals surface area contributed by atoms with Crippen molar-refractivity contribution in [3.8, 4) is 0 Å². The molecule has 0 heterocycles. The molecule has 0 aromatic heterocycles. The largest absolute Gasteiger partial charge is 0.274 e. The Labute approximate surface area is 162 Å². The first kappa shape index (κ1) is 18.6. The fraction of sp³-hybridized carbons (Fsp3) is 0. The lowest BCUT2D eigenvalue weighted by Gasteiger charge is -2.05. The number of azo groups is 1. The van der Waals surface area contributed by atoms with Crippen molar-refractivity contribution in [1.82, 2.24) is 0 Å². The molecule has 0 fully saturated rings. The van der Waals surface area contributed by atoms with E-state index in [1.807, 2.05) is 0 Å². The lowest BCUT2D eigenvalue weighted by atomic mass is 10.3. The number of halogens is 6. The Morgan fingerprint density at radius 1 is 0.739 bits per heavy atom. The van der Waals surface area contributed by atoms with Crippen LogP contribution in [0.5, 0.6) is 0 Å². The molecule has 23 heavy (non-hydrogen) atoms. The molecule has 2 aromatic carbocycles. The Kier molecular flexibility index (Phi) is 6.77. The van der Waals surface area contributed by atoms with Gasteiger partial charge in [0.2, 0.25) is 0 Å². The van der Waals surface area contributed by atoms with Crippen molar-refractivity contribution in [1.29, 1.82) is 0 Å². The molecule has 2 rings (SSSR count). The molecule has 0 aliphatic carbocycles. The number of nitrogens with zero attached hydrogens (tertiary/aromatic N) is 3. The third kappa shape index (κ3) is 5.11. The molecule has 2 aromatic rings. The number of nitrogens with one attached hydrogen (secondary N) is 1. The number of rotatable bonds is 4. The second-order valence-electron chi connectivity index (χ2n) is 4.03. The fourth-order valence-electron chi connectivity index (χ4n) is 1.48. The third-order valence-corrected chi connectivity index (χ3v) is 4.04. The molecule has 0 saturated carbocycles. The van der Waals surface area contributed by atoms with Gasteiger partial charge < -0.3 is 0 Å². The smallest absolute Gasteiger partial charge is 0.158 e. The second kappa shape index (κ2) is 8.38. The van der Waals surface area contributed by atoms with Crippen LogP contribution in [0, 0.1) is 0 Å². The summed E-state index contributed by atoms with van der Waals surface area (Å²) in [5.74, 6) is 0. The highest BCUT2D eigenvalue weighted by Gasteiger charge is 2.07. The van der Waals surface area contributed by atoms with E-state index in [-0.39, 0.29) is 15.7 Å². The first-order valence-electron chi connectivity index (χ1n) is 5.86. The normalized spacial score (nSPS) is 11.6. The molecular formula is C13H6Cl6N4. The minimum Gasteiger partial charge on any atom is -0.274 e. The Hall–Kier alpha value is -0.750. The van der Waals surface area contributed by atoms with E-state index in [9.17, 15) is 0 Å². The molecule has 0 aliphatic rings. The van der Waals surface area contributed by atoms with Crippen molar-refractivity contribution >= 4 is 87.3 Å². The summed E-state index contributed by atoms with van der Waals surface area (Å²) in [6.45, 7) is 0. The van der Waals surface area contributed by atoms with Crippen LogP contribution in [0.3, 0.4) is 0 Å². The Morgan fingerprint density at radius 2 is 1.22 bits per heavy atom. The van der Waals surface area contributed by atoms with E-state index in [1.54, 1.807) is 0 Å².